The van der Waals surface area contributed by atoms with Crippen LogP contribution in [0, 0.1) is 0 Å². The summed E-state index contributed by atoms with van der Waals surface area (Å²) in [5, 5.41) is 0.0990. The number of nitrogens with one attached hydrogen (secondary N) is 1. The van der Waals surface area contributed by atoms with Gasteiger partial charge in [-0.3, -0.25) is 4.79 Å². The number of amides is 1. The van der Waals surface area contributed by atoms with Gasteiger partial charge >= 0.3 is 5.97 Å². The molecule has 1 N–H and O–H groups in total. The molecule has 0 spiro atoms. The molecule has 1 fully saturated rings. The maximum absolute atomic E-state index is 14.1. The van der Waals surface area contributed by atoms with Crippen LogP contribution >= 0.6 is 23.4 Å². The lowest BCUT2D eigenvalue weighted by atomic mass is 9.88. The number of carbonyl (C=O) groups excluding carboxylic acids is 2. The van der Waals surface area contributed by atoms with Crippen molar-refractivity contribution in [3.8, 4) is 0 Å². The molecule has 1 saturated heterocycles. The average Bonchev–Trinajstić information content (AvgIpc) is 3.25. The van der Waals surface area contributed by atoms with E-state index in [0.717, 1.165) is 27.1 Å². The molecular formula is C46H48ClNO8S. The second kappa shape index (κ2) is 21.3. The highest BCUT2D eigenvalue weighted by Crippen LogP contribution is 2.47. The fraction of sp³-hybridized carbons (Fsp3) is 0.304. The minimum atomic E-state index is -2.11. The topological polar surface area (TPSA) is 102 Å². The normalized spacial score (nSPS) is 21.6. The van der Waals surface area contributed by atoms with Crippen LogP contribution < -0.4 is 5.32 Å². The summed E-state index contributed by atoms with van der Waals surface area (Å²) in [5.41, 5.74) is 3.69. The number of rotatable bonds is 19. The van der Waals surface area contributed by atoms with Crippen molar-refractivity contribution in [2.24, 2.45) is 0 Å². The van der Waals surface area contributed by atoms with E-state index in [0.29, 0.717) is 6.61 Å². The molecule has 0 saturated carbocycles. The highest BCUT2D eigenvalue weighted by Gasteiger charge is 2.62. The number of ether oxygens (including phenoxy) is 6. The Morgan fingerprint density at radius 1 is 0.702 bits per heavy atom. The number of hydrogen-bond donors (Lipinski definition) is 1. The van der Waals surface area contributed by atoms with Gasteiger partial charge in [0.05, 0.1) is 57.5 Å². The van der Waals surface area contributed by atoms with Gasteiger partial charge in [-0.15, -0.1) is 11.8 Å². The Morgan fingerprint density at radius 3 is 1.68 bits per heavy atom. The van der Waals surface area contributed by atoms with Crippen molar-refractivity contribution < 1.29 is 38.0 Å². The van der Waals surface area contributed by atoms with Crippen molar-refractivity contribution in [3.05, 3.63) is 174 Å². The summed E-state index contributed by atoms with van der Waals surface area (Å²) < 4.78 is 39.0. The number of carbonyl (C=O) groups is 2. The molecule has 0 radical (unpaired) electrons. The van der Waals surface area contributed by atoms with Crippen LogP contribution in [0.25, 0.3) is 0 Å². The van der Waals surface area contributed by atoms with Crippen LogP contribution in [-0.2, 0) is 64.4 Å². The molecule has 6 rings (SSSR count). The summed E-state index contributed by atoms with van der Waals surface area (Å²) in [7, 11) is 1.27. The second-order valence-electron chi connectivity index (χ2n) is 13.7. The van der Waals surface area contributed by atoms with Gasteiger partial charge in [0.2, 0.25) is 5.91 Å². The number of thioether (sulfide) groups is 1. The Morgan fingerprint density at radius 2 is 1.18 bits per heavy atom. The van der Waals surface area contributed by atoms with Crippen molar-refractivity contribution >= 4 is 35.2 Å². The van der Waals surface area contributed by atoms with Gasteiger partial charge in [0, 0.05) is 11.8 Å². The molecule has 7 atom stereocenters. The Hall–Kier alpha value is -4.52. The van der Waals surface area contributed by atoms with E-state index in [1.165, 1.54) is 25.8 Å². The van der Waals surface area contributed by atoms with Gasteiger partial charge in [0.15, 0.2) is 0 Å². The molecule has 0 aliphatic carbocycles. The molecule has 57 heavy (non-hydrogen) atoms. The summed E-state index contributed by atoms with van der Waals surface area (Å²) in [6.45, 7) is 2.31. The lowest BCUT2D eigenvalue weighted by Crippen LogP contribution is -2.72. The molecule has 1 aliphatic rings. The third kappa shape index (κ3) is 11.8. The van der Waals surface area contributed by atoms with Crippen molar-refractivity contribution in [3.63, 3.8) is 0 Å². The molecule has 1 aliphatic heterocycles. The largest absolute Gasteiger partial charge is 0.466 e. The van der Waals surface area contributed by atoms with Crippen LogP contribution in [0.1, 0.15) is 29.2 Å². The van der Waals surface area contributed by atoms with Crippen LogP contribution in [0.5, 0.6) is 0 Å². The monoisotopic (exact) mass is 809 g/mol. The van der Waals surface area contributed by atoms with Crippen LogP contribution in [0.4, 0.5) is 0 Å². The van der Waals surface area contributed by atoms with E-state index in [9.17, 15) is 9.59 Å². The zero-order valence-corrected chi connectivity index (χ0v) is 33.6. The first-order chi connectivity index (χ1) is 27.8. The summed E-state index contributed by atoms with van der Waals surface area (Å²) in [6.07, 6.45) is -3.82. The highest BCUT2D eigenvalue weighted by molar-refractivity contribution is 8.00. The van der Waals surface area contributed by atoms with E-state index >= 15 is 0 Å². The predicted molar refractivity (Wildman–Crippen MR) is 220 cm³/mol. The lowest BCUT2D eigenvalue weighted by molar-refractivity contribution is -0.230. The fourth-order valence-electron chi connectivity index (χ4n) is 6.71. The molecule has 0 aromatic heterocycles. The van der Waals surface area contributed by atoms with Crippen molar-refractivity contribution in [2.45, 2.75) is 79.0 Å². The third-order valence-electron chi connectivity index (χ3n) is 9.48. The Labute approximate surface area is 343 Å². The van der Waals surface area contributed by atoms with E-state index in [2.05, 4.69) is 5.32 Å². The first-order valence-corrected chi connectivity index (χ1v) is 20.1. The zero-order valence-electron chi connectivity index (χ0n) is 32.0. The molecule has 1 heterocycles. The molecular weight excluding hydrogens is 762 g/mol. The van der Waals surface area contributed by atoms with Gasteiger partial charge in [0.1, 0.15) is 18.3 Å². The van der Waals surface area contributed by atoms with Gasteiger partial charge < -0.3 is 33.7 Å². The first-order valence-electron chi connectivity index (χ1n) is 18.9. The lowest BCUT2D eigenvalue weighted by Gasteiger charge is -2.51. The Balaban J connectivity index is 1.45. The van der Waals surface area contributed by atoms with Crippen LogP contribution in [0.15, 0.2) is 157 Å². The van der Waals surface area contributed by atoms with Gasteiger partial charge in [0.25, 0.3) is 5.06 Å². The molecule has 7 unspecified atom stereocenters. The van der Waals surface area contributed by atoms with E-state index in [1.54, 1.807) is 0 Å². The zero-order chi connectivity index (χ0) is 39.9. The number of methoxy groups -OCH3 is 1. The number of benzene rings is 5. The predicted octanol–water partition coefficient (Wildman–Crippen LogP) is 8.13. The maximum atomic E-state index is 14.1. The molecule has 0 bridgehead atoms. The average molecular weight is 810 g/mol. The van der Waals surface area contributed by atoms with Crippen LogP contribution in [-0.4, -0.2) is 66.4 Å². The van der Waals surface area contributed by atoms with Crippen molar-refractivity contribution in [1.82, 2.24) is 5.32 Å². The van der Waals surface area contributed by atoms with Gasteiger partial charge in [-0.05, 0) is 34.4 Å². The van der Waals surface area contributed by atoms with Gasteiger partial charge in [-0.25, -0.2) is 4.79 Å². The van der Waals surface area contributed by atoms with Crippen LogP contribution in [0.3, 0.4) is 0 Å². The van der Waals surface area contributed by atoms with Gasteiger partial charge in [-0.2, -0.15) is 0 Å². The van der Waals surface area contributed by atoms with E-state index in [4.69, 9.17) is 40.0 Å². The summed E-state index contributed by atoms with van der Waals surface area (Å²) in [5.74, 6) is -1.16. The van der Waals surface area contributed by atoms with Crippen molar-refractivity contribution in [1.29, 1.82) is 0 Å². The number of alkyl halides is 1. The number of hydrogen-bond acceptors (Lipinski definition) is 9. The second-order valence-corrected chi connectivity index (χ2v) is 15.4. The third-order valence-corrected chi connectivity index (χ3v) is 11.5. The fourth-order valence-corrected chi connectivity index (χ4v) is 8.44. The molecule has 5 aromatic rings. The number of esters is 1. The van der Waals surface area contributed by atoms with Crippen molar-refractivity contribution in [2.75, 3.05) is 13.7 Å². The van der Waals surface area contributed by atoms with E-state index in [1.807, 2.05) is 152 Å². The molecule has 11 heteroatoms. The molecule has 5 aromatic carbocycles. The standard InChI is InChI=1S/C46H48ClNO8S/c1-33(49)48-40-42(56-46(47,45(50)51-2)44(57-38-26-16-7-17-27-38)43(40)55-31-37-24-14-6-15-25-37)41(54-30-36-22-12-5-13-23-36)39(53-29-35-20-10-4-11-21-35)32-52-28-34-18-8-3-9-19-34/h3-27,39-44H,28-32H2,1-2H3,(H,48,49). The Bertz CT molecular complexity index is 1950. The van der Waals surface area contributed by atoms with Gasteiger partial charge in [-0.1, -0.05) is 151 Å². The first kappa shape index (κ1) is 42.1. The SMILES string of the molecule is COC(=O)C1(Cl)OC(C(OCc2ccccc2)C(COCc2ccccc2)OCc2ccccc2)C(NC(C)=O)C(OCc2ccccc2)C1Sc1ccccc1. The smallest absolute Gasteiger partial charge is 0.355 e. The summed E-state index contributed by atoms with van der Waals surface area (Å²) in [6, 6.07) is 47.6. The maximum Gasteiger partial charge on any atom is 0.355 e. The van der Waals surface area contributed by atoms with Crippen LogP contribution in [0.2, 0.25) is 0 Å². The number of halogens is 1. The van der Waals surface area contributed by atoms with E-state index < -0.39 is 46.7 Å². The summed E-state index contributed by atoms with van der Waals surface area (Å²) in [4.78, 5) is 28.1. The molecule has 1 amide bonds. The highest BCUT2D eigenvalue weighted by atomic mass is 35.5. The molecule has 9 nitrogen and oxygen atoms in total. The minimum Gasteiger partial charge on any atom is -0.466 e. The molecule has 298 valence electrons. The minimum absolute atomic E-state index is 0.0685. The quantitative estimate of drug-likeness (QED) is 0.0655. The Kier molecular flexibility index (Phi) is 15.7. The summed E-state index contributed by atoms with van der Waals surface area (Å²) >= 11 is 8.81. The van der Waals surface area contributed by atoms with E-state index in [-0.39, 0.29) is 32.3 Å².